The monoisotopic (exact) mass is 355 g/mol. The van der Waals surface area contributed by atoms with Gasteiger partial charge in [-0.3, -0.25) is 4.79 Å². The molecule has 1 aliphatic heterocycles. The van der Waals surface area contributed by atoms with Gasteiger partial charge in [0.25, 0.3) is 5.91 Å². The molecule has 0 saturated carbocycles. The second kappa shape index (κ2) is 9.20. The van der Waals surface area contributed by atoms with Crippen molar-refractivity contribution in [2.24, 2.45) is 0 Å². The summed E-state index contributed by atoms with van der Waals surface area (Å²) in [5.41, 5.74) is 2.43. The number of amides is 1. The maximum absolute atomic E-state index is 12.2. The fraction of sp³-hybridized carbons (Fsp3) is 0.400. The number of hydrogen-bond acceptors (Lipinski definition) is 5. The van der Waals surface area contributed by atoms with Crippen molar-refractivity contribution in [2.45, 2.75) is 25.4 Å². The van der Waals surface area contributed by atoms with Gasteiger partial charge in [-0.05, 0) is 49.1 Å². The lowest BCUT2D eigenvalue weighted by atomic mass is 10.1. The van der Waals surface area contributed by atoms with E-state index in [1.807, 2.05) is 30.3 Å². The molecule has 3 rings (SSSR count). The number of benzene rings is 1. The van der Waals surface area contributed by atoms with Gasteiger partial charge in [-0.2, -0.15) is 0 Å². The van der Waals surface area contributed by atoms with E-state index in [1.54, 1.807) is 19.4 Å². The summed E-state index contributed by atoms with van der Waals surface area (Å²) in [5.74, 6) is 0.653. The largest absolute Gasteiger partial charge is 0.497 e. The Balaban J connectivity index is 1.43. The van der Waals surface area contributed by atoms with E-state index >= 15 is 0 Å². The van der Waals surface area contributed by atoms with E-state index in [9.17, 15) is 4.79 Å². The summed E-state index contributed by atoms with van der Waals surface area (Å²) in [6.07, 6.45) is 4.92. The molecule has 2 aromatic rings. The number of carbonyl (C=O) groups excluding carboxylic acids is 1. The zero-order valence-electron chi connectivity index (χ0n) is 15.0. The summed E-state index contributed by atoms with van der Waals surface area (Å²) >= 11 is 0. The molecule has 1 aliphatic rings. The topological polar surface area (TPSA) is 72.5 Å². The molecule has 1 aromatic carbocycles. The first-order valence-corrected chi connectivity index (χ1v) is 8.97. The minimum absolute atomic E-state index is 0.168. The number of ether oxygens (including phenoxy) is 2. The van der Waals surface area contributed by atoms with Crippen LogP contribution in [0.1, 0.15) is 28.9 Å². The summed E-state index contributed by atoms with van der Waals surface area (Å²) in [5, 5.41) is 6.20. The molecule has 0 bridgehead atoms. The van der Waals surface area contributed by atoms with Gasteiger partial charge >= 0.3 is 0 Å². The average Bonchev–Trinajstić information content (AvgIpc) is 3.20. The van der Waals surface area contributed by atoms with Crippen LogP contribution in [0.15, 0.2) is 42.6 Å². The quantitative estimate of drug-likeness (QED) is 0.762. The molecule has 2 N–H and O–H groups in total. The molecule has 1 amide bonds. The van der Waals surface area contributed by atoms with Crippen molar-refractivity contribution in [2.75, 3.05) is 32.1 Å². The summed E-state index contributed by atoms with van der Waals surface area (Å²) in [6, 6.07) is 11.4. The van der Waals surface area contributed by atoms with E-state index in [4.69, 9.17) is 9.47 Å². The number of methoxy groups -OCH3 is 1. The van der Waals surface area contributed by atoms with Gasteiger partial charge in [0, 0.05) is 19.7 Å². The number of anilines is 1. The Morgan fingerprint density at radius 2 is 2.27 bits per heavy atom. The fourth-order valence-electron chi connectivity index (χ4n) is 2.91. The van der Waals surface area contributed by atoms with Crippen LogP contribution in [0.5, 0.6) is 5.75 Å². The lowest BCUT2D eigenvalue weighted by Gasteiger charge is -2.12. The van der Waals surface area contributed by atoms with Crippen LogP contribution < -0.4 is 15.4 Å². The van der Waals surface area contributed by atoms with Crippen LogP contribution in [0.25, 0.3) is 0 Å². The van der Waals surface area contributed by atoms with Gasteiger partial charge in [-0.15, -0.1) is 0 Å². The SMILES string of the molecule is COc1cccc(CCNC(=O)c2ccc(NCC3CCCO3)cn2)c1. The van der Waals surface area contributed by atoms with Crippen molar-refractivity contribution >= 4 is 11.6 Å². The predicted octanol–water partition coefficient (Wildman–Crippen LogP) is 2.65. The maximum atomic E-state index is 12.2. The maximum Gasteiger partial charge on any atom is 0.269 e. The minimum atomic E-state index is -0.168. The lowest BCUT2D eigenvalue weighted by Crippen LogP contribution is -2.26. The molecule has 6 nitrogen and oxygen atoms in total. The highest BCUT2D eigenvalue weighted by Gasteiger charge is 2.15. The normalized spacial score (nSPS) is 16.3. The Kier molecular flexibility index (Phi) is 6.44. The summed E-state index contributed by atoms with van der Waals surface area (Å²) in [4.78, 5) is 16.4. The highest BCUT2D eigenvalue weighted by molar-refractivity contribution is 5.92. The van der Waals surface area contributed by atoms with Crippen LogP contribution in [-0.4, -0.2) is 43.8 Å². The second-order valence-corrected chi connectivity index (χ2v) is 6.31. The van der Waals surface area contributed by atoms with Crippen molar-refractivity contribution in [3.8, 4) is 5.75 Å². The van der Waals surface area contributed by atoms with Gasteiger partial charge in [0.2, 0.25) is 0 Å². The van der Waals surface area contributed by atoms with Gasteiger partial charge in [0.15, 0.2) is 0 Å². The van der Waals surface area contributed by atoms with E-state index in [2.05, 4.69) is 15.6 Å². The van der Waals surface area contributed by atoms with E-state index in [-0.39, 0.29) is 12.0 Å². The van der Waals surface area contributed by atoms with Crippen molar-refractivity contribution in [3.63, 3.8) is 0 Å². The first kappa shape index (κ1) is 18.2. The van der Waals surface area contributed by atoms with Gasteiger partial charge in [0.05, 0.1) is 25.1 Å². The van der Waals surface area contributed by atoms with Crippen LogP contribution >= 0.6 is 0 Å². The molecule has 1 saturated heterocycles. The number of nitrogens with one attached hydrogen (secondary N) is 2. The molecule has 6 heteroatoms. The number of aromatic nitrogens is 1. The molecule has 1 unspecified atom stereocenters. The van der Waals surface area contributed by atoms with E-state index in [1.165, 1.54) is 0 Å². The molecule has 1 fully saturated rings. The van der Waals surface area contributed by atoms with E-state index in [0.29, 0.717) is 12.2 Å². The van der Waals surface area contributed by atoms with Crippen molar-refractivity contribution in [1.82, 2.24) is 10.3 Å². The minimum Gasteiger partial charge on any atom is -0.497 e. The molecule has 0 spiro atoms. The van der Waals surface area contributed by atoms with Crippen LogP contribution in [-0.2, 0) is 11.2 Å². The van der Waals surface area contributed by atoms with Crippen molar-refractivity contribution in [1.29, 1.82) is 0 Å². The van der Waals surface area contributed by atoms with Gasteiger partial charge in [-0.1, -0.05) is 12.1 Å². The van der Waals surface area contributed by atoms with Gasteiger partial charge < -0.3 is 20.1 Å². The number of rotatable bonds is 8. The molecule has 1 aromatic heterocycles. The Hall–Kier alpha value is -2.60. The van der Waals surface area contributed by atoms with Crippen LogP contribution in [0, 0.1) is 0 Å². The molecule has 138 valence electrons. The van der Waals surface area contributed by atoms with Crippen LogP contribution in [0.4, 0.5) is 5.69 Å². The smallest absolute Gasteiger partial charge is 0.269 e. The molecule has 2 heterocycles. The summed E-state index contributed by atoms with van der Waals surface area (Å²) in [6.45, 7) is 2.17. The third-order valence-corrected chi connectivity index (χ3v) is 4.39. The van der Waals surface area contributed by atoms with Gasteiger partial charge in [0.1, 0.15) is 11.4 Å². The zero-order chi connectivity index (χ0) is 18.2. The Morgan fingerprint density at radius 3 is 3.00 bits per heavy atom. The first-order valence-electron chi connectivity index (χ1n) is 8.97. The zero-order valence-corrected chi connectivity index (χ0v) is 15.0. The number of pyridine rings is 1. The molecule has 26 heavy (non-hydrogen) atoms. The number of hydrogen-bond donors (Lipinski definition) is 2. The molecular formula is C20H25N3O3. The Labute approximate surface area is 153 Å². The highest BCUT2D eigenvalue weighted by Crippen LogP contribution is 2.14. The molecule has 0 radical (unpaired) electrons. The van der Waals surface area contributed by atoms with Crippen LogP contribution in [0.3, 0.4) is 0 Å². The number of carbonyl (C=O) groups is 1. The highest BCUT2D eigenvalue weighted by atomic mass is 16.5. The summed E-state index contributed by atoms with van der Waals surface area (Å²) in [7, 11) is 1.64. The van der Waals surface area contributed by atoms with Crippen molar-refractivity contribution < 1.29 is 14.3 Å². The van der Waals surface area contributed by atoms with Gasteiger partial charge in [-0.25, -0.2) is 4.98 Å². The summed E-state index contributed by atoms with van der Waals surface area (Å²) < 4.78 is 10.8. The first-order chi connectivity index (χ1) is 12.7. The second-order valence-electron chi connectivity index (χ2n) is 6.31. The fourth-order valence-corrected chi connectivity index (χ4v) is 2.91. The third-order valence-electron chi connectivity index (χ3n) is 4.39. The Morgan fingerprint density at radius 1 is 1.35 bits per heavy atom. The van der Waals surface area contributed by atoms with Crippen LogP contribution in [0.2, 0.25) is 0 Å². The predicted molar refractivity (Wildman–Crippen MR) is 101 cm³/mol. The number of nitrogens with zero attached hydrogens (tertiary/aromatic N) is 1. The van der Waals surface area contributed by atoms with E-state index in [0.717, 1.165) is 49.4 Å². The standard InChI is InChI=1S/C20H25N3O3/c1-25-17-5-2-4-15(12-17)9-10-21-20(24)19-8-7-16(13-23-19)22-14-18-6-3-11-26-18/h2,4-5,7-8,12-13,18,22H,3,6,9-11,14H2,1H3,(H,21,24). The average molecular weight is 355 g/mol. The molecule has 1 atom stereocenters. The molecule has 0 aliphatic carbocycles. The molecular weight excluding hydrogens is 330 g/mol. The third kappa shape index (κ3) is 5.20. The van der Waals surface area contributed by atoms with E-state index < -0.39 is 0 Å². The lowest BCUT2D eigenvalue weighted by molar-refractivity contribution is 0.0949. The Bertz CT molecular complexity index is 712. The van der Waals surface area contributed by atoms with Crippen molar-refractivity contribution in [3.05, 3.63) is 53.9 Å².